The molecule has 1 saturated heterocycles. The molecule has 7 nitrogen and oxygen atoms in total. The molecule has 1 fully saturated rings. The van der Waals surface area contributed by atoms with Crippen molar-refractivity contribution in [3.8, 4) is 0 Å². The number of benzene rings is 1. The molecule has 1 aromatic rings. The number of nitrogens with zero attached hydrogens (tertiary/aromatic N) is 1. The molecule has 0 radical (unpaired) electrons. The molecule has 0 aliphatic carbocycles. The first kappa shape index (κ1) is 22.2. The van der Waals surface area contributed by atoms with Crippen molar-refractivity contribution in [1.29, 1.82) is 0 Å². The van der Waals surface area contributed by atoms with E-state index in [1.165, 1.54) is 4.90 Å². The van der Waals surface area contributed by atoms with Crippen molar-refractivity contribution in [2.24, 2.45) is 0 Å². The Morgan fingerprint density at radius 1 is 1.11 bits per heavy atom. The molecule has 0 bridgehead atoms. The third-order valence-corrected chi connectivity index (χ3v) is 4.94. The van der Waals surface area contributed by atoms with Crippen LogP contribution in [0.3, 0.4) is 0 Å². The van der Waals surface area contributed by atoms with Crippen LogP contribution in [-0.2, 0) is 25.3 Å². The Balaban J connectivity index is 2.41. The van der Waals surface area contributed by atoms with Crippen LogP contribution >= 0.6 is 0 Å². The normalized spacial score (nSPS) is 18.1. The second kappa shape index (κ2) is 7.41. The lowest BCUT2D eigenvalue weighted by Gasteiger charge is -2.32. The summed E-state index contributed by atoms with van der Waals surface area (Å²) in [6, 6.07) is 5.16. The average molecular weight is 391 g/mol. The zero-order valence-electron chi connectivity index (χ0n) is 18.0. The van der Waals surface area contributed by atoms with E-state index in [-0.39, 0.29) is 6.42 Å². The Labute approximate surface area is 167 Å². The molecule has 0 unspecified atom stereocenters. The molecule has 28 heavy (non-hydrogen) atoms. The van der Waals surface area contributed by atoms with Gasteiger partial charge in [0.2, 0.25) is 0 Å². The van der Waals surface area contributed by atoms with E-state index in [0.29, 0.717) is 16.7 Å². The summed E-state index contributed by atoms with van der Waals surface area (Å²) in [6.07, 6.45) is -0.706. The highest BCUT2D eigenvalue weighted by Gasteiger charge is 2.51. The van der Waals surface area contributed by atoms with E-state index in [1.807, 2.05) is 27.7 Å². The molecule has 1 aliphatic heterocycles. The number of ether oxygens (including phenoxy) is 1. The van der Waals surface area contributed by atoms with E-state index in [9.17, 15) is 14.7 Å². The second-order valence-electron chi connectivity index (χ2n) is 9.13. The minimum absolute atomic E-state index is 0.178. The molecular formula is C20H30BNO6. The highest BCUT2D eigenvalue weighted by molar-refractivity contribution is 6.62. The molecule has 1 amide bonds. The summed E-state index contributed by atoms with van der Waals surface area (Å²) in [5, 5.41) is 9.21. The van der Waals surface area contributed by atoms with E-state index >= 15 is 0 Å². The number of carbonyl (C=O) groups is 2. The van der Waals surface area contributed by atoms with Gasteiger partial charge in [-0.1, -0.05) is 6.07 Å². The van der Waals surface area contributed by atoms with E-state index in [2.05, 4.69) is 0 Å². The summed E-state index contributed by atoms with van der Waals surface area (Å²) in [5.41, 5.74) is 0.0131. The fourth-order valence-electron chi connectivity index (χ4n) is 2.72. The molecule has 1 heterocycles. The minimum atomic E-state index is -0.961. The van der Waals surface area contributed by atoms with Gasteiger partial charge in [-0.15, -0.1) is 0 Å². The lowest BCUT2D eigenvalue weighted by molar-refractivity contribution is -0.136. The predicted molar refractivity (Wildman–Crippen MR) is 108 cm³/mol. The molecule has 1 aliphatic rings. The van der Waals surface area contributed by atoms with Crippen LogP contribution < -0.4 is 10.4 Å². The van der Waals surface area contributed by atoms with Crippen LogP contribution in [0.1, 0.15) is 54.0 Å². The Bertz CT molecular complexity index is 752. The number of carboxylic acids is 1. The Morgan fingerprint density at radius 3 is 2.11 bits per heavy atom. The fraction of sp³-hybridized carbons (Fsp3) is 0.600. The van der Waals surface area contributed by atoms with Gasteiger partial charge in [0.25, 0.3) is 0 Å². The van der Waals surface area contributed by atoms with Gasteiger partial charge in [0, 0.05) is 12.7 Å². The number of aliphatic carboxylic acids is 1. The molecular weight excluding hydrogens is 361 g/mol. The summed E-state index contributed by atoms with van der Waals surface area (Å²) in [6.45, 7) is 13.1. The van der Waals surface area contributed by atoms with Gasteiger partial charge in [0.1, 0.15) is 5.60 Å². The number of carboxylic acid groups (broad SMARTS) is 1. The Hall–Kier alpha value is -2.06. The fourth-order valence-corrected chi connectivity index (χ4v) is 2.72. The maximum absolute atomic E-state index is 12.5. The monoisotopic (exact) mass is 391 g/mol. The van der Waals surface area contributed by atoms with E-state index in [0.717, 1.165) is 0 Å². The Kier molecular flexibility index (Phi) is 5.88. The maximum Gasteiger partial charge on any atom is 0.494 e. The first-order chi connectivity index (χ1) is 12.6. The molecule has 0 atom stereocenters. The van der Waals surface area contributed by atoms with Crippen LogP contribution in [0.4, 0.5) is 10.5 Å². The van der Waals surface area contributed by atoms with Gasteiger partial charge >= 0.3 is 19.2 Å². The summed E-state index contributed by atoms with van der Waals surface area (Å²) >= 11 is 0. The van der Waals surface area contributed by atoms with Crippen LogP contribution in [0.5, 0.6) is 0 Å². The van der Waals surface area contributed by atoms with Crippen LogP contribution in [0.25, 0.3) is 0 Å². The quantitative estimate of drug-likeness (QED) is 0.795. The Morgan fingerprint density at radius 2 is 1.64 bits per heavy atom. The van der Waals surface area contributed by atoms with E-state index < -0.39 is 36.0 Å². The van der Waals surface area contributed by atoms with Gasteiger partial charge in [0.05, 0.1) is 17.6 Å². The van der Waals surface area contributed by atoms with E-state index in [1.54, 1.807) is 46.0 Å². The summed E-state index contributed by atoms with van der Waals surface area (Å²) in [7, 11) is 0.923. The number of hydrogen-bond acceptors (Lipinski definition) is 5. The van der Waals surface area contributed by atoms with Gasteiger partial charge in [-0.25, -0.2) is 4.79 Å². The lowest BCUT2D eigenvalue weighted by Crippen LogP contribution is -2.41. The molecule has 1 aromatic carbocycles. The van der Waals surface area contributed by atoms with Crippen LogP contribution in [0.15, 0.2) is 18.2 Å². The highest BCUT2D eigenvalue weighted by Crippen LogP contribution is 2.36. The van der Waals surface area contributed by atoms with Crippen LogP contribution in [0, 0.1) is 0 Å². The van der Waals surface area contributed by atoms with Gasteiger partial charge in [-0.3, -0.25) is 9.69 Å². The number of rotatable bonds is 4. The van der Waals surface area contributed by atoms with Gasteiger partial charge in [-0.2, -0.15) is 0 Å². The minimum Gasteiger partial charge on any atom is -0.481 e. The number of hydrogen-bond donors (Lipinski definition) is 1. The van der Waals surface area contributed by atoms with Crippen molar-refractivity contribution < 1.29 is 28.7 Å². The van der Waals surface area contributed by atoms with Crippen LogP contribution in [0.2, 0.25) is 0 Å². The third-order valence-electron chi connectivity index (χ3n) is 4.94. The van der Waals surface area contributed by atoms with Crippen molar-refractivity contribution in [3.05, 3.63) is 23.8 Å². The predicted octanol–water partition coefficient (Wildman–Crippen LogP) is 2.98. The number of anilines is 1. The smallest absolute Gasteiger partial charge is 0.481 e. The van der Waals surface area contributed by atoms with Gasteiger partial charge < -0.3 is 19.2 Å². The molecule has 2 rings (SSSR count). The van der Waals surface area contributed by atoms with Crippen molar-refractivity contribution in [2.45, 2.75) is 71.7 Å². The van der Waals surface area contributed by atoms with Crippen molar-refractivity contribution in [1.82, 2.24) is 0 Å². The highest BCUT2D eigenvalue weighted by atomic mass is 16.7. The topological polar surface area (TPSA) is 85.3 Å². The van der Waals surface area contributed by atoms with Gasteiger partial charge in [-0.05, 0) is 71.6 Å². The average Bonchev–Trinajstić information content (AvgIpc) is 2.72. The summed E-state index contributed by atoms with van der Waals surface area (Å²) in [5.74, 6) is -0.961. The summed E-state index contributed by atoms with van der Waals surface area (Å²) in [4.78, 5) is 25.1. The summed E-state index contributed by atoms with van der Waals surface area (Å²) < 4.78 is 17.6. The third kappa shape index (κ3) is 5.05. The van der Waals surface area contributed by atoms with Crippen LogP contribution in [-0.4, -0.2) is 48.1 Å². The number of amides is 1. The SMILES string of the molecule is CN(C(=O)OC(C)(C)C)c1cc(CC(=O)O)cc(B2OC(C)(C)C(C)(C)O2)c1. The number of carbonyl (C=O) groups excluding carboxylic acids is 1. The molecule has 0 spiro atoms. The first-order valence-electron chi connectivity index (χ1n) is 9.29. The molecule has 0 saturated carbocycles. The van der Waals surface area contributed by atoms with Crippen molar-refractivity contribution in [2.75, 3.05) is 11.9 Å². The maximum atomic E-state index is 12.5. The molecule has 0 aromatic heterocycles. The van der Waals surface area contributed by atoms with Crippen molar-refractivity contribution in [3.63, 3.8) is 0 Å². The zero-order valence-corrected chi connectivity index (χ0v) is 18.0. The van der Waals surface area contributed by atoms with Gasteiger partial charge in [0.15, 0.2) is 0 Å². The molecule has 8 heteroatoms. The zero-order chi connectivity index (χ0) is 21.5. The van der Waals surface area contributed by atoms with E-state index in [4.69, 9.17) is 14.0 Å². The first-order valence-corrected chi connectivity index (χ1v) is 9.29. The second-order valence-corrected chi connectivity index (χ2v) is 9.13. The largest absolute Gasteiger partial charge is 0.494 e. The standard InChI is InChI=1S/C20H30BNO6/c1-18(2,3)26-17(25)22(8)15-10-13(11-16(23)24)9-14(12-15)21-27-19(4,5)20(6,7)28-21/h9-10,12H,11H2,1-8H3,(H,23,24). The lowest BCUT2D eigenvalue weighted by atomic mass is 9.77. The molecule has 1 N–H and O–H groups in total. The molecule has 154 valence electrons. The van der Waals surface area contributed by atoms with Crippen molar-refractivity contribution >= 4 is 30.3 Å².